The summed E-state index contributed by atoms with van der Waals surface area (Å²) in [5, 5.41) is 8.32. The highest BCUT2D eigenvalue weighted by molar-refractivity contribution is 7.85. The van der Waals surface area contributed by atoms with Crippen LogP contribution in [0.25, 0.3) is 0 Å². The second-order valence-electron chi connectivity index (χ2n) is 4.22. The van der Waals surface area contributed by atoms with Gasteiger partial charge in [0.2, 0.25) is 0 Å². The van der Waals surface area contributed by atoms with Crippen LogP contribution in [0, 0.1) is 18.8 Å². The first-order chi connectivity index (χ1) is 9.41. The molecule has 0 amide bonds. The predicted octanol–water partition coefficient (Wildman–Crippen LogP) is 2.80. The fourth-order valence-electron chi connectivity index (χ4n) is 1.21. The van der Waals surface area contributed by atoms with Gasteiger partial charge in [-0.2, -0.15) is 8.42 Å². The average molecular weight is 298 g/mol. The predicted molar refractivity (Wildman–Crippen MR) is 80.0 cm³/mol. The Kier molecular flexibility index (Phi) is 9.73. The molecule has 0 aliphatic rings. The highest BCUT2D eigenvalue weighted by atomic mass is 32.2. The maximum Gasteiger partial charge on any atom is 0.294 e. The molecule has 20 heavy (non-hydrogen) atoms. The van der Waals surface area contributed by atoms with E-state index in [-0.39, 0.29) is 11.5 Å². The van der Waals surface area contributed by atoms with Crippen molar-refractivity contribution in [2.45, 2.75) is 44.4 Å². The Morgan fingerprint density at radius 2 is 1.65 bits per heavy atom. The van der Waals surface area contributed by atoms with Crippen molar-refractivity contribution < 1.29 is 18.1 Å². The molecule has 0 bridgehead atoms. The lowest BCUT2D eigenvalue weighted by molar-refractivity contribution is 0.305. The smallest absolute Gasteiger partial charge is 0.294 e. The van der Waals surface area contributed by atoms with Crippen molar-refractivity contribution in [1.29, 1.82) is 0 Å². The molecule has 1 aromatic carbocycles. The molecule has 1 rings (SSSR count). The maximum atomic E-state index is 10.5. The average Bonchev–Trinajstić information content (AvgIpc) is 2.39. The Morgan fingerprint density at radius 1 is 1.10 bits per heavy atom. The number of aliphatic hydroxyl groups is 1. The quantitative estimate of drug-likeness (QED) is 0.509. The van der Waals surface area contributed by atoms with Crippen molar-refractivity contribution in [2.75, 3.05) is 6.61 Å². The molecular weight excluding hydrogens is 276 g/mol. The first-order valence-electron chi connectivity index (χ1n) is 6.52. The molecule has 0 heterocycles. The molecule has 0 saturated carbocycles. The van der Waals surface area contributed by atoms with E-state index in [1.807, 2.05) is 6.92 Å². The van der Waals surface area contributed by atoms with Gasteiger partial charge >= 0.3 is 0 Å². The fourth-order valence-corrected chi connectivity index (χ4v) is 1.69. The van der Waals surface area contributed by atoms with Crippen LogP contribution in [0.5, 0.6) is 0 Å². The second-order valence-corrected chi connectivity index (χ2v) is 5.64. The van der Waals surface area contributed by atoms with Gasteiger partial charge in [-0.1, -0.05) is 31.0 Å². The molecule has 5 heteroatoms. The fraction of sp³-hybridized carbons (Fsp3) is 0.467. The summed E-state index contributed by atoms with van der Waals surface area (Å²) in [5.74, 6) is 5.85. The summed E-state index contributed by atoms with van der Waals surface area (Å²) in [6, 6.07) is 5.99. The number of rotatable bonds is 4. The van der Waals surface area contributed by atoms with Crippen molar-refractivity contribution in [3.8, 4) is 11.8 Å². The van der Waals surface area contributed by atoms with Gasteiger partial charge in [0.05, 0.1) is 11.5 Å². The van der Waals surface area contributed by atoms with E-state index in [0.29, 0.717) is 6.42 Å². The molecule has 0 aliphatic heterocycles. The molecule has 0 saturated heterocycles. The molecular formula is C15H22O4S. The Labute approximate surface area is 121 Å². The van der Waals surface area contributed by atoms with Gasteiger partial charge < -0.3 is 5.11 Å². The van der Waals surface area contributed by atoms with Crippen LogP contribution in [0.4, 0.5) is 0 Å². The van der Waals surface area contributed by atoms with Crippen molar-refractivity contribution in [1.82, 2.24) is 0 Å². The Bertz CT molecular complexity index is 521. The Morgan fingerprint density at radius 3 is 2.10 bits per heavy atom. The molecule has 112 valence electrons. The van der Waals surface area contributed by atoms with Gasteiger partial charge in [-0.15, -0.1) is 11.8 Å². The summed E-state index contributed by atoms with van der Waals surface area (Å²) < 4.78 is 29.6. The summed E-state index contributed by atoms with van der Waals surface area (Å²) in [7, 11) is -4.02. The summed E-state index contributed by atoms with van der Waals surface area (Å²) in [5.41, 5.74) is 0.956. The molecule has 0 aromatic heterocycles. The van der Waals surface area contributed by atoms with E-state index in [2.05, 4.69) is 18.8 Å². The first-order valence-corrected chi connectivity index (χ1v) is 7.96. The number of aryl methyl sites for hydroxylation is 1. The lowest BCUT2D eigenvalue weighted by Crippen LogP contribution is -1.96. The van der Waals surface area contributed by atoms with E-state index in [9.17, 15) is 8.42 Å². The van der Waals surface area contributed by atoms with Gasteiger partial charge in [0.25, 0.3) is 10.1 Å². The molecule has 4 nitrogen and oxygen atoms in total. The second kappa shape index (κ2) is 10.4. The van der Waals surface area contributed by atoms with Crippen LogP contribution in [0.2, 0.25) is 0 Å². The Balaban J connectivity index is 0.000000370. The summed E-state index contributed by atoms with van der Waals surface area (Å²) in [4.78, 5) is -0.0666. The monoisotopic (exact) mass is 298 g/mol. The third kappa shape index (κ3) is 9.56. The van der Waals surface area contributed by atoms with E-state index in [1.165, 1.54) is 25.0 Å². The topological polar surface area (TPSA) is 74.6 Å². The number of benzene rings is 1. The van der Waals surface area contributed by atoms with E-state index < -0.39 is 10.1 Å². The van der Waals surface area contributed by atoms with E-state index >= 15 is 0 Å². The standard InChI is InChI=1S/C8H14O.C7H8O3S/c1-2-3-4-5-6-7-8-9;1-6-2-4-7(5-3-6)11(8,9)10/h9H,2-4,7-8H2,1H3;2-5H,1H3,(H,8,9,10). The maximum absolute atomic E-state index is 10.5. The first kappa shape index (κ1) is 18.7. The van der Waals surface area contributed by atoms with Crippen LogP contribution < -0.4 is 0 Å². The van der Waals surface area contributed by atoms with Crippen LogP contribution >= 0.6 is 0 Å². The van der Waals surface area contributed by atoms with Crippen molar-refractivity contribution in [3.05, 3.63) is 29.8 Å². The van der Waals surface area contributed by atoms with Crippen molar-refractivity contribution >= 4 is 10.1 Å². The van der Waals surface area contributed by atoms with Crippen molar-refractivity contribution in [3.63, 3.8) is 0 Å². The zero-order valence-electron chi connectivity index (χ0n) is 12.0. The van der Waals surface area contributed by atoms with Crippen molar-refractivity contribution in [2.24, 2.45) is 0 Å². The zero-order valence-corrected chi connectivity index (χ0v) is 12.8. The molecule has 0 fully saturated rings. The number of hydrogen-bond donors (Lipinski definition) is 2. The van der Waals surface area contributed by atoms with Gasteiger partial charge in [0.15, 0.2) is 0 Å². The molecule has 2 N–H and O–H groups in total. The number of aliphatic hydroxyl groups excluding tert-OH is 1. The van der Waals surface area contributed by atoms with Crippen LogP contribution in [0.3, 0.4) is 0 Å². The van der Waals surface area contributed by atoms with Gasteiger partial charge in [-0.05, 0) is 25.5 Å². The van der Waals surface area contributed by atoms with Gasteiger partial charge in [0, 0.05) is 12.8 Å². The van der Waals surface area contributed by atoms with Gasteiger partial charge in [-0.3, -0.25) is 4.55 Å². The molecule has 0 unspecified atom stereocenters. The van der Waals surface area contributed by atoms with Crippen LogP contribution in [0.15, 0.2) is 29.2 Å². The van der Waals surface area contributed by atoms with Gasteiger partial charge in [-0.25, -0.2) is 0 Å². The molecule has 0 radical (unpaired) electrons. The van der Waals surface area contributed by atoms with E-state index in [4.69, 9.17) is 9.66 Å². The highest BCUT2D eigenvalue weighted by Gasteiger charge is 2.06. The zero-order chi connectivity index (χ0) is 15.4. The SMILES string of the molecule is CCCCC#CCCO.Cc1ccc(S(=O)(=O)O)cc1. The molecule has 0 spiro atoms. The van der Waals surface area contributed by atoms with E-state index in [1.54, 1.807) is 12.1 Å². The minimum Gasteiger partial charge on any atom is -0.395 e. The normalized spacial score (nSPS) is 10.0. The third-order valence-electron chi connectivity index (χ3n) is 2.34. The third-order valence-corrected chi connectivity index (χ3v) is 3.20. The molecule has 1 aromatic rings. The lowest BCUT2D eigenvalue weighted by atomic mass is 10.2. The lowest BCUT2D eigenvalue weighted by Gasteiger charge is -1.95. The van der Waals surface area contributed by atoms with Crippen LogP contribution in [-0.2, 0) is 10.1 Å². The Hall–Kier alpha value is -1.35. The number of unbranched alkanes of at least 4 members (excludes halogenated alkanes) is 2. The summed E-state index contributed by atoms with van der Waals surface area (Å²) in [6.07, 6.45) is 3.99. The van der Waals surface area contributed by atoms with Crippen LogP contribution in [0.1, 0.15) is 38.2 Å². The molecule has 0 atom stereocenters. The summed E-state index contributed by atoms with van der Waals surface area (Å²) in [6.45, 7) is 4.18. The largest absolute Gasteiger partial charge is 0.395 e. The summed E-state index contributed by atoms with van der Waals surface area (Å²) >= 11 is 0. The number of hydrogen-bond acceptors (Lipinski definition) is 3. The molecule has 0 aliphatic carbocycles. The van der Waals surface area contributed by atoms with E-state index in [0.717, 1.165) is 12.0 Å². The minimum absolute atomic E-state index is 0.0666. The minimum atomic E-state index is -4.02. The van der Waals surface area contributed by atoms with Crippen LogP contribution in [-0.4, -0.2) is 24.7 Å². The van der Waals surface area contributed by atoms with Gasteiger partial charge in [0.1, 0.15) is 0 Å². The highest BCUT2D eigenvalue weighted by Crippen LogP contribution is 2.08.